The molecule has 1 aromatic heterocycles. The lowest BCUT2D eigenvalue weighted by Gasteiger charge is -1.98. The molecule has 0 aliphatic rings. The van der Waals surface area contributed by atoms with Gasteiger partial charge in [0.25, 0.3) is 11.6 Å². The van der Waals surface area contributed by atoms with Gasteiger partial charge < -0.3 is 15.4 Å². The largest absolute Gasteiger partial charge is 0.382 e. The summed E-state index contributed by atoms with van der Waals surface area (Å²) in [5.74, 6) is 0.262. The molecule has 8 nitrogen and oxygen atoms in total. The highest BCUT2D eigenvalue weighted by Gasteiger charge is 2.15. The van der Waals surface area contributed by atoms with Gasteiger partial charge in [-0.1, -0.05) is 5.16 Å². The first-order chi connectivity index (χ1) is 8.61. The zero-order valence-corrected chi connectivity index (χ0v) is 9.18. The number of aromatic nitrogens is 2. The summed E-state index contributed by atoms with van der Waals surface area (Å²) in [7, 11) is 0. The van der Waals surface area contributed by atoms with E-state index in [1.807, 2.05) is 0 Å². The average molecular weight is 250 g/mol. The Morgan fingerprint density at radius 2 is 2.11 bits per heavy atom. The highest BCUT2D eigenvalue weighted by molar-refractivity contribution is 5.56. The molecule has 2 rings (SSSR count). The third kappa shape index (κ3) is 2.34. The third-order valence-corrected chi connectivity index (χ3v) is 2.29. The van der Waals surface area contributed by atoms with Gasteiger partial charge in [-0.3, -0.25) is 10.1 Å². The average Bonchev–Trinajstić information content (AvgIpc) is 2.87. The molecule has 0 bridgehead atoms. The second kappa shape index (κ2) is 4.90. The Balaban J connectivity index is 2.26. The molecule has 1 heterocycles. The summed E-state index contributed by atoms with van der Waals surface area (Å²) in [5, 5.41) is 23.5. The van der Waals surface area contributed by atoms with Gasteiger partial charge >= 0.3 is 0 Å². The fourth-order valence-corrected chi connectivity index (χ4v) is 1.32. The second-order valence-electron chi connectivity index (χ2n) is 3.51. The maximum absolute atomic E-state index is 10.5. The van der Waals surface area contributed by atoms with Crippen LogP contribution in [0.25, 0.3) is 11.4 Å². The number of nitrogens with two attached hydrogens (primary N) is 1. The van der Waals surface area contributed by atoms with E-state index in [-0.39, 0.29) is 23.9 Å². The van der Waals surface area contributed by atoms with Crippen LogP contribution in [0.4, 0.5) is 5.69 Å². The van der Waals surface area contributed by atoms with Crippen LogP contribution < -0.4 is 5.73 Å². The Morgan fingerprint density at radius 3 is 2.67 bits per heavy atom. The molecule has 0 radical (unpaired) electrons. The molecule has 1 atom stereocenters. The minimum atomic E-state index is -1.01. The van der Waals surface area contributed by atoms with Crippen LogP contribution in [-0.2, 0) is 0 Å². The molecule has 2 aromatic rings. The minimum absolute atomic E-state index is 0.0193. The van der Waals surface area contributed by atoms with E-state index in [0.29, 0.717) is 5.56 Å². The van der Waals surface area contributed by atoms with Gasteiger partial charge in [0.2, 0.25) is 5.82 Å². The topological polar surface area (TPSA) is 128 Å². The Bertz CT molecular complexity index is 551. The SMILES string of the molecule is NC[C@H](O)c1nc(-c2ccc([N+](=O)[O-])cc2)no1. The molecule has 0 fully saturated rings. The number of non-ortho nitro benzene ring substituents is 1. The van der Waals surface area contributed by atoms with E-state index in [9.17, 15) is 15.2 Å². The second-order valence-corrected chi connectivity index (χ2v) is 3.51. The first kappa shape index (κ1) is 12.1. The predicted molar refractivity (Wildman–Crippen MR) is 60.4 cm³/mol. The number of hydrogen-bond donors (Lipinski definition) is 2. The van der Waals surface area contributed by atoms with E-state index in [1.54, 1.807) is 0 Å². The van der Waals surface area contributed by atoms with Crippen molar-refractivity contribution < 1.29 is 14.6 Å². The van der Waals surface area contributed by atoms with E-state index < -0.39 is 11.0 Å². The first-order valence-electron chi connectivity index (χ1n) is 5.08. The molecule has 0 saturated carbocycles. The van der Waals surface area contributed by atoms with Gasteiger partial charge in [-0.25, -0.2) is 0 Å². The van der Waals surface area contributed by atoms with Gasteiger partial charge in [0.15, 0.2) is 0 Å². The van der Waals surface area contributed by atoms with Crippen LogP contribution in [0.5, 0.6) is 0 Å². The van der Waals surface area contributed by atoms with Gasteiger partial charge in [-0.2, -0.15) is 4.98 Å². The monoisotopic (exact) mass is 250 g/mol. The summed E-state index contributed by atoms with van der Waals surface area (Å²) in [4.78, 5) is 13.9. The summed E-state index contributed by atoms with van der Waals surface area (Å²) < 4.78 is 4.82. The van der Waals surface area contributed by atoms with Gasteiger partial charge in [-0.05, 0) is 12.1 Å². The fourth-order valence-electron chi connectivity index (χ4n) is 1.32. The lowest BCUT2D eigenvalue weighted by molar-refractivity contribution is -0.384. The van der Waals surface area contributed by atoms with Crippen molar-refractivity contribution in [2.24, 2.45) is 5.73 Å². The Kier molecular flexibility index (Phi) is 3.31. The maximum Gasteiger partial charge on any atom is 0.269 e. The number of aliphatic hydroxyl groups excluding tert-OH is 1. The molecule has 3 N–H and O–H groups in total. The lowest BCUT2D eigenvalue weighted by atomic mass is 10.2. The van der Waals surface area contributed by atoms with E-state index >= 15 is 0 Å². The first-order valence-corrected chi connectivity index (χ1v) is 5.08. The molecular formula is C10H10N4O4. The molecule has 0 aliphatic carbocycles. The standard InChI is InChI=1S/C10H10N4O4/c11-5-8(15)10-12-9(13-18-10)6-1-3-7(4-2-6)14(16)17/h1-4,8,15H,5,11H2/t8-/m0/s1. The molecule has 94 valence electrons. The van der Waals surface area contributed by atoms with Crippen molar-refractivity contribution in [1.82, 2.24) is 10.1 Å². The van der Waals surface area contributed by atoms with E-state index in [0.717, 1.165) is 0 Å². The predicted octanol–water partition coefficient (Wildman–Crippen LogP) is 0.637. The Morgan fingerprint density at radius 1 is 1.44 bits per heavy atom. The molecule has 0 amide bonds. The van der Waals surface area contributed by atoms with Crippen molar-refractivity contribution in [3.8, 4) is 11.4 Å². The van der Waals surface area contributed by atoms with Crippen LogP contribution in [0, 0.1) is 10.1 Å². The molecular weight excluding hydrogens is 240 g/mol. The normalized spacial score (nSPS) is 12.3. The van der Waals surface area contributed by atoms with Crippen LogP contribution in [0.3, 0.4) is 0 Å². The van der Waals surface area contributed by atoms with Crippen LogP contribution in [-0.4, -0.2) is 26.7 Å². The van der Waals surface area contributed by atoms with Crippen LogP contribution >= 0.6 is 0 Å². The Hall–Kier alpha value is -2.32. The van der Waals surface area contributed by atoms with E-state index in [2.05, 4.69) is 10.1 Å². The maximum atomic E-state index is 10.5. The summed E-state index contributed by atoms with van der Waals surface area (Å²) in [6.45, 7) is -0.0259. The quantitative estimate of drug-likeness (QED) is 0.601. The van der Waals surface area contributed by atoms with Crippen molar-refractivity contribution in [2.75, 3.05) is 6.54 Å². The van der Waals surface area contributed by atoms with Crippen molar-refractivity contribution >= 4 is 5.69 Å². The highest BCUT2D eigenvalue weighted by atomic mass is 16.6. The molecule has 0 unspecified atom stereocenters. The van der Waals surface area contributed by atoms with E-state index in [4.69, 9.17) is 10.3 Å². The summed E-state index contributed by atoms with van der Waals surface area (Å²) >= 11 is 0. The molecule has 0 aliphatic heterocycles. The van der Waals surface area contributed by atoms with Gasteiger partial charge in [0.1, 0.15) is 6.10 Å². The third-order valence-electron chi connectivity index (χ3n) is 2.29. The highest BCUT2D eigenvalue weighted by Crippen LogP contribution is 2.21. The number of nitro benzene ring substituents is 1. The van der Waals surface area contributed by atoms with Crippen LogP contribution in [0.1, 0.15) is 12.0 Å². The Labute approximate surface area is 101 Å². The number of aliphatic hydroxyl groups is 1. The van der Waals surface area contributed by atoms with Crippen LogP contribution in [0.15, 0.2) is 28.8 Å². The summed E-state index contributed by atoms with van der Waals surface area (Å²) in [6.07, 6.45) is -1.01. The zero-order valence-electron chi connectivity index (χ0n) is 9.18. The minimum Gasteiger partial charge on any atom is -0.382 e. The molecule has 0 spiro atoms. The van der Waals surface area contributed by atoms with Gasteiger partial charge in [0.05, 0.1) is 4.92 Å². The lowest BCUT2D eigenvalue weighted by Crippen LogP contribution is -2.11. The van der Waals surface area contributed by atoms with Crippen molar-refractivity contribution in [3.05, 3.63) is 40.3 Å². The van der Waals surface area contributed by atoms with Gasteiger partial charge in [0, 0.05) is 24.2 Å². The van der Waals surface area contributed by atoms with Gasteiger partial charge in [-0.15, -0.1) is 0 Å². The van der Waals surface area contributed by atoms with Crippen molar-refractivity contribution in [2.45, 2.75) is 6.10 Å². The number of nitro groups is 1. The summed E-state index contributed by atoms with van der Waals surface area (Å²) in [5.41, 5.74) is 5.78. The summed E-state index contributed by atoms with van der Waals surface area (Å²) in [6, 6.07) is 5.68. The molecule has 1 aromatic carbocycles. The van der Waals surface area contributed by atoms with E-state index in [1.165, 1.54) is 24.3 Å². The number of hydrogen-bond acceptors (Lipinski definition) is 7. The molecule has 8 heteroatoms. The van der Waals surface area contributed by atoms with Crippen molar-refractivity contribution in [1.29, 1.82) is 0 Å². The van der Waals surface area contributed by atoms with Crippen LogP contribution in [0.2, 0.25) is 0 Å². The zero-order chi connectivity index (χ0) is 13.1. The number of nitrogens with zero attached hydrogens (tertiary/aromatic N) is 3. The molecule has 18 heavy (non-hydrogen) atoms. The smallest absolute Gasteiger partial charge is 0.269 e. The van der Waals surface area contributed by atoms with Crippen molar-refractivity contribution in [3.63, 3.8) is 0 Å². The number of benzene rings is 1. The number of rotatable bonds is 4. The molecule has 0 saturated heterocycles. The fraction of sp³-hybridized carbons (Fsp3) is 0.200.